The molecule has 0 spiro atoms. The van der Waals surface area contributed by atoms with Crippen molar-refractivity contribution in [2.45, 2.75) is 25.9 Å². The van der Waals surface area contributed by atoms with Crippen LogP contribution in [0.15, 0.2) is 24.4 Å². The van der Waals surface area contributed by atoms with Gasteiger partial charge in [-0.15, -0.1) is 11.3 Å². The lowest BCUT2D eigenvalue weighted by Crippen LogP contribution is -2.45. The van der Waals surface area contributed by atoms with E-state index in [9.17, 15) is 9.90 Å². The standard InChI is InChI=1S/C16H20N4O2S/c1-11-14(23-12(2)19-11)15(21)18-9-16(22)6-8-20(10-16)13-5-3-4-7-17-13/h3-5,7,22H,6,8-10H2,1-2H3,(H,18,21)/t16-/m1/s1. The van der Waals surface area contributed by atoms with Crippen molar-refractivity contribution in [3.63, 3.8) is 0 Å². The lowest BCUT2D eigenvalue weighted by Gasteiger charge is -2.24. The van der Waals surface area contributed by atoms with Crippen LogP contribution in [0.1, 0.15) is 26.8 Å². The molecule has 0 aliphatic carbocycles. The number of hydrogen-bond donors (Lipinski definition) is 2. The smallest absolute Gasteiger partial charge is 0.263 e. The Balaban J connectivity index is 1.60. The first-order chi connectivity index (χ1) is 11.0. The lowest BCUT2D eigenvalue weighted by atomic mass is 10.0. The van der Waals surface area contributed by atoms with Crippen molar-refractivity contribution in [3.05, 3.63) is 40.0 Å². The highest BCUT2D eigenvalue weighted by Crippen LogP contribution is 2.25. The fourth-order valence-corrected chi connectivity index (χ4v) is 3.64. The van der Waals surface area contributed by atoms with Crippen LogP contribution in [0.5, 0.6) is 0 Å². The van der Waals surface area contributed by atoms with Gasteiger partial charge < -0.3 is 15.3 Å². The predicted molar refractivity (Wildman–Crippen MR) is 89.9 cm³/mol. The van der Waals surface area contributed by atoms with E-state index in [1.54, 1.807) is 6.20 Å². The largest absolute Gasteiger partial charge is 0.386 e. The third-order valence-electron chi connectivity index (χ3n) is 3.99. The first kappa shape index (κ1) is 15.9. The monoisotopic (exact) mass is 332 g/mol. The maximum atomic E-state index is 12.3. The van der Waals surface area contributed by atoms with E-state index in [-0.39, 0.29) is 12.5 Å². The van der Waals surface area contributed by atoms with Crippen molar-refractivity contribution in [2.75, 3.05) is 24.5 Å². The summed E-state index contributed by atoms with van der Waals surface area (Å²) in [5, 5.41) is 14.4. The summed E-state index contributed by atoms with van der Waals surface area (Å²) in [4.78, 5) is 23.5. The number of rotatable bonds is 4. The number of pyridine rings is 1. The Hall–Kier alpha value is -1.99. The van der Waals surface area contributed by atoms with Gasteiger partial charge >= 0.3 is 0 Å². The fraction of sp³-hybridized carbons (Fsp3) is 0.438. The van der Waals surface area contributed by atoms with Gasteiger partial charge in [-0.3, -0.25) is 4.79 Å². The number of anilines is 1. The summed E-state index contributed by atoms with van der Waals surface area (Å²) in [7, 11) is 0. The molecule has 7 heteroatoms. The molecule has 0 aromatic carbocycles. The lowest BCUT2D eigenvalue weighted by molar-refractivity contribution is 0.0576. The van der Waals surface area contributed by atoms with Gasteiger partial charge in [0.05, 0.1) is 10.7 Å². The van der Waals surface area contributed by atoms with Crippen molar-refractivity contribution in [1.82, 2.24) is 15.3 Å². The highest BCUT2D eigenvalue weighted by atomic mass is 32.1. The van der Waals surface area contributed by atoms with E-state index in [0.29, 0.717) is 17.8 Å². The molecule has 3 heterocycles. The second kappa shape index (κ2) is 6.25. The summed E-state index contributed by atoms with van der Waals surface area (Å²) in [5.41, 5.74) is -0.195. The normalized spacial score (nSPS) is 20.7. The van der Waals surface area contributed by atoms with Gasteiger partial charge in [-0.2, -0.15) is 0 Å². The van der Waals surface area contributed by atoms with Crippen LogP contribution < -0.4 is 10.2 Å². The van der Waals surface area contributed by atoms with E-state index in [2.05, 4.69) is 15.3 Å². The number of thiazole rings is 1. The first-order valence-corrected chi connectivity index (χ1v) is 8.39. The van der Waals surface area contributed by atoms with Crippen LogP contribution in [0.3, 0.4) is 0 Å². The van der Waals surface area contributed by atoms with Crippen molar-refractivity contribution < 1.29 is 9.90 Å². The topological polar surface area (TPSA) is 78.3 Å². The van der Waals surface area contributed by atoms with E-state index >= 15 is 0 Å². The Morgan fingerprint density at radius 3 is 2.96 bits per heavy atom. The molecule has 0 radical (unpaired) electrons. The molecule has 1 aliphatic rings. The Kier molecular flexibility index (Phi) is 4.32. The maximum Gasteiger partial charge on any atom is 0.263 e. The molecular formula is C16H20N4O2S. The molecule has 0 unspecified atom stereocenters. The van der Waals surface area contributed by atoms with Crippen LogP contribution in [0, 0.1) is 13.8 Å². The molecule has 2 aromatic rings. The molecule has 1 amide bonds. The molecule has 1 atom stereocenters. The molecule has 23 heavy (non-hydrogen) atoms. The molecule has 122 valence electrons. The van der Waals surface area contributed by atoms with E-state index in [0.717, 1.165) is 23.1 Å². The third-order valence-corrected chi connectivity index (χ3v) is 5.06. The van der Waals surface area contributed by atoms with Crippen molar-refractivity contribution in [1.29, 1.82) is 0 Å². The van der Waals surface area contributed by atoms with Gasteiger partial charge in [0, 0.05) is 25.8 Å². The SMILES string of the molecule is Cc1nc(C)c(C(=O)NC[C@]2(O)CCN(c3ccccn3)C2)s1. The Morgan fingerprint density at radius 1 is 1.48 bits per heavy atom. The van der Waals surface area contributed by atoms with Gasteiger partial charge in [0.1, 0.15) is 16.3 Å². The minimum absolute atomic E-state index is 0.169. The van der Waals surface area contributed by atoms with Crippen LogP contribution in [-0.2, 0) is 0 Å². The maximum absolute atomic E-state index is 12.3. The van der Waals surface area contributed by atoms with Gasteiger partial charge in [-0.1, -0.05) is 6.07 Å². The second-order valence-electron chi connectivity index (χ2n) is 5.91. The number of carbonyl (C=O) groups excluding carboxylic acids is 1. The minimum atomic E-state index is -0.930. The molecule has 0 bridgehead atoms. The zero-order valence-electron chi connectivity index (χ0n) is 13.2. The Labute approximate surface area is 139 Å². The van der Waals surface area contributed by atoms with Crippen molar-refractivity contribution >= 4 is 23.1 Å². The molecule has 1 fully saturated rings. The van der Waals surface area contributed by atoms with Crippen molar-refractivity contribution in [2.24, 2.45) is 0 Å². The fourth-order valence-electron chi connectivity index (χ4n) is 2.80. The highest BCUT2D eigenvalue weighted by molar-refractivity contribution is 7.13. The van der Waals surface area contributed by atoms with E-state index in [4.69, 9.17) is 0 Å². The Bertz CT molecular complexity index is 703. The van der Waals surface area contributed by atoms with Crippen LogP contribution in [0.4, 0.5) is 5.82 Å². The molecule has 1 saturated heterocycles. The zero-order chi connectivity index (χ0) is 16.4. The predicted octanol–water partition coefficient (Wildman–Crippen LogP) is 1.53. The summed E-state index contributed by atoms with van der Waals surface area (Å²) in [5.74, 6) is 0.682. The van der Waals surface area contributed by atoms with E-state index < -0.39 is 5.60 Å². The number of aromatic nitrogens is 2. The van der Waals surface area contributed by atoms with Crippen LogP contribution in [0.25, 0.3) is 0 Å². The minimum Gasteiger partial charge on any atom is -0.386 e. The Morgan fingerprint density at radius 2 is 2.30 bits per heavy atom. The first-order valence-electron chi connectivity index (χ1n) is 7.57. The second-order valence-corrected chi connectivity index (χ2v) is 7.12. The van der Waals surface area contributed by atoms with Crippen LogP contribution >= 0.6 is 11.3 Å². The summed E-state index contributed by atoms with van der Waals surface area (Å²) in [6.07, 6.45) is 2.34. The van der Waals surface area contributed by atoms with Gasteiger partial charge in [0.25, 0.3) is 5.91 Å². The quantitative estimate of drug-likeness (QED) is 0.888. The summed E-state index contributed by atoms with van der Waals surface area (Å²) in [6.45, 7) is 5.12. The number of nitrogens with one attached hydrogen (secondary N) is 1. The average molecular weight is 332 g/mol. The van der Waals surface area contributed by atoms with Gasteiger partial charge in [-0.25, -0.2) is 9.97 Å². The molecular weight excluding hydrogens is 312 g/mol. The number of carbonyl (C=O) groups is 1. The van der Waals surface area contributed by atoms with E-state index in [1.165, 1.54) is 11.3 Å². The molecule has 2 aromatic heterocycles. The van der Waals surface area contributed by atoms with Gasteiger partial charge in [0.2, 0.25) is 0 Å². The average Bonchev–Trinajstić information content (AvgIpc) is 3.09. The van der Waals surface area contributed by atoms with E-state index in [1.807, 2.05) is 36.9 Å². The van der Waals surface area contributed by atoms with Crippen molar-refractivity contribution in [3.8, 4) is 0 Å². The van der Waals surface area contributed by atoms with Crippen LogP contribution in [-0.4, -0.2) is 46.2 Å². The zero-order valence-corrected chi connectivity index (χ0v) is 14.1. The molecule has 2 N–H and O–H groups in total. The molecule has 0 saturated carbocycles. The number of β-amino-alcohol motifs (C(OH)–C–C–N with tert-alkyl or cyclic N) is 1. The third kappa shape index (κ3) is 3.51. The molecule has 3 rings (SSSR count). The molecule has 6 nitrogen and oxygen atoms in total. The highest BCUT2D eigenvalue weighted by Gasteiger charge is 2.37. The number of aryl methyl sites for hydroxylation is 2. The molecule has 1 aliphatic heterocycles. The summed E-state index contributed by atoms with van der Waals surface area (Å²) in [6, 6.07) is 5.72. The van der Waals surface area contributed by atoms with Gasteiger partial charge in [-0.05, 0) is 32.4 Å². The summed E-state index contributed by atoms with van der Waals surface area (Å²) >= 11 is 1.38. The number of aliphatic hydroxyl groups is 1. The van der Waals surface area contributed by atoms with Crippen LogP contribution in [0.2, 0.25) is 0 Å². The van der Waals surface area contributed by atoms with Gasteiger partial charge in [0.15, 0.2) is 0 Å². The number of hydrogen-bond acceptors (Lipinski definition) is 6. The summed E-state index contributed by atoms with van der Waals surface area (Å²) < 4.78 is 0. The number of nitrogens with zero attached hydrogens (tertiary/aromatic N) is 3. The number of amides is 1.